The summed E-state index contributed by atoms with van der Waals surface area (Å²) in [4.78, 5) is 10.6. The molecule has 3 nitrogen and oxygen atoms in total. The summed E-state index contributed by atoms with van der Waals surface area (Å²) in [7, 11) is 0. The first kappa shape index (κ1) is 13.1. The molecule has 0 aromatic heterocycles. The lowest BCUT2D eigenvalue weighted by atomic mass is 10.1. The van der Waals surface area contributed by atoms with Crippen LogP contribution >= 0.6 is 11.8 Å². The van der Waals surface area contributed by atoms with Crippen LogP contribution in [0.2, 0.25) is 0 Å². The molecule has 1 aliphatic rings. The zero-order valence-electron chi connectivity index (χ0n) is 9.58. The minimum absolute atomic E-state index is 0.0310. The van der Waals surface area contributed by atoms with Crippen molar-refractivity contribution in [2.75, 3.05) is 16.8 Å². The zero-order chi connectivity index (χ0) is 13.1. The average molecular weight is 273 g/mol. The predicted molar refractivity (Wildman–Crippen MR) is 67.3 cm³/mol. The van der Waals surface area contributed by atoms with Crippen LogP contribution in [0.5, 0.6) is 0 Å². The normalized spacial score (nSPS) is 19.6. The van der Waals surface area contributed by atoms with Crippen molar-refractivity contribution in [1.82, 2.24) is 0 Å². The van der Waals surface area contributed by atoms with Crippen LogP contribution < -0.4 is 5.32 Å². The molecule has 1 atom stereocenters. The van der Waals surface area contributed by atoms with Crippen LogP contribution in [0.1, 0.15) is 23.2 Å². The van der Waals surface area contributed by atoms with Gasteiger partial charge in [-0.2, -0.15) is 11.8 Å². The highest BCUT2D eigenvalue weighted by Crippen LogP contribution is 2.25. The van der Waals surface area contributed by atoms with Gasteiger partial charge in [0.2, 0.25) is 0 Å². The minimum Gasteiger partial charge on any atom is -0.478 e. The third-order valence-corrected chi connectivity index (χ3v) is 4.01. The second kappa shape index (κ2) is 5.56. The van der Waals surface area contributed by atoms with Gasteiger partial charge < -0.3 is 10.4 Å². The first-order chi connectivity index (χ1) is 8.58. The number of hydrogen-bond donors (Lipinski definition) is 2. The summed E-state index contributed by atoms with van der Waals surface area (Å²) in [5.74, 6) is -1.18. The highest BCUT2D eigenvalue weighted by Gasteiger charge is 2.19. The number of halogens is 2. The third kappa shape index (κ3) is 2.93. The van der Waals surface area contributed by atoms with Crippen molar-refractivity contribution in [2.45, 2.75) is 18.9 Å². The number of aromatic carboxylic acids is 1. The van der Waals surface area contributed by atoms with E-state index in [9.17, 15) is 13.6 Å². The van der Waals surface area contributed by atoms with E-state index >= 15 is 0 Å². The lowest BCUT2D eigenvalue weighted by Crippen LogP contribution is -2.26. The fourth-order valence-corrected chi connectivity index (χ4v) is 2.97. The van der Waals surface area contributed by atoms with Crippen molar-refractivity contribution in [3.8, 4) is 0 Å². The van der Waals surface area contributed by atoms with Crippen molar-refractivity contribution in [3.63, 3.8) is 0 Å². The monoisotopic (exact) mass is 273 g/mol. The number of rotatable bonds is 3. The molecule has 1 saturated heterocycles. The van der Waals surface area contributed by atoms with E-state index in [0.29, 0.717) is 0 Å². The Morgan fingerprint density at radius 2 is 2.06 bits per heavy atom. The van der Waals surface area contributed by atoms with E-state index in [0.717, 1.165) is 36.5 Å². The number of thioether (sulfide) groups is 1. The Balaban J connectivity index is 2.19. The maximum Gasteiger partial charge on any atom is 0.335 e. The zero-order valence-corrected chi connectivity index (χ0v) is 10.4. The summed E-state index contributed by atoms with van der Waals surface area (Å²) in [6.45, 7) is 0. The summed E-state index contributed by atoms with van der Waals surface area (Å²) in [5, 5.41) is 11.5. The highest BCUT2D eigenvalue weighted by atomic mass is 32.2. The van der Waals surface area contributed by atoms with Gasteiger partial charge in [-0.3, -0.25) is 0 Å². The molecule has 18 heavy (non-hydrogen) atoms. The van der Waals surface area contributed by atoms with Gasteiger partial charge in [-0.15, -0.1) is 0 Å². The molecule has 1 aromatic carbocycles. The van der Waals surface area contributed by atoms with Gasteiger partial charge >= 0.3 is 5.97 Å². The first-order valence-electron chi connectivity index (χ1n) is 5.64. The van der Waals surface area contributed by atoms with Gasteiger partial charge in [0, 0.05) is 11.8 Å². The molecule has 0 saturated carbocycles. The van der Waals surface area contributed by atoms with Gasteiger partial charge in [-0.1, -0.05) is 0 Å². The van der Waals surface area contributed by atoms with E-state index < -0.39 is 17.6 Å². The average Bonchev–Trinajstić information content (AvgIpc) is 2.34. The van der Waals surface area contributed by atoms with Crippen LogP contribution in [0.25, 0.3) is 0 Å². The topological polar surface area (TPSA) is 49.3 Å². The maximum atomic E-state index is 13.7. The first-order valence-corrected chi connectivity index (χ1v) is 6.80. The molecule has 6 heteroatoms. The lowest BCUT2D eigenvalue weighted by molar-refractivity contribution is 0.0696. The van der Waals surface area contributed by atoms with Crippen LogP contribution in [0, 0.1) is 11.6 Å². The third-order valence-electron chi connectivity index (χ3n) is 2.80. The summed E-state index contributed by atoms with van der Waals surface area (Å²) in [6, 6.07) is 1.70. The van der Waals surface area contributed by atoms with Crippen LogP contribution in [0.3, 0.4) is 0 Å². The van der Waals surface area contributed by atoms with E-state index in [-0.39, 0.29) is 17.3 Å². The van der Waals surface area contributed by atoms with Crippen molar-refractivity contribution >= 4 is 23.4 Å². The van der Waals surface area contributed by atoms with Crippen LogP contribution in [0.4, 0.5) is 14.5 Å². The summed E-state index contributed by atoms with van der Waals surface area (Å²) in [6.07, 6.45) is 1.88. The Kier molecular flexibility index (Phi) is 4.06. The minimum atomic E-state index is -1.34. The van der Waals surface area contributed by atoms with Crippen molar-refractivity contribution < 1.29 is 18.7 Å². The summed E-state index contributed by atoms with van der Waals surface area (Å²) < 4.78 is 27.3. The highest BCUT2D eigenvalue weighted by molar-refractivity contribution is 7.99. The predicted octanol–water partition coefficient (Wildman–Crippen LogP) is 2.97. The number of carboxylic acids is 1. The standard InChI is InChI=1S/C12H13F2NO2S/c13-9-4-7(12(16)17)5-10(14)11(9)15-8-2-1-3-18-6-8/h4-5,8,15H,1-3,6H2,(H,16,17). The molecule has 2 N–H and O–H groups in total. The Labute approximate surface area is 108 Å². The molecular formula is C12H13F2NO2S. The van der Waals surface area contributed by atoms with E-state index in [1.807, 2.05) is 0 Å². The Morgan fingerprint density at radius 3 is 2.56 bits per heavy atom. The van der Waals surface area contributed by atoms with Gasteiger partial charge in [0.05, 0.1) is 5.56 Å². The largest absolute Gasteiger partial charge is 0.478 e. The molecule has 98 valence electrons. The molecule has 0 radical (unpaired) electrons. The Hall–Kier alpha value is -1.30. The van der Waals surface area contributed by atoms with Gasteiger partial charge in [0.25, 0.3) is 0 Å². The van der Waals surface area contributed by atoms with E-state index in [4.69, 9.17) is 5.11 Å². The number of carbonyl (C=O) groups is 1. The molecule has 0 bridgehead atoms. The van der Waals surface area contributed by atoms with Crippen molar-refractivity contribution in [2.24, 2.45) is 0 Å². The fraction of sp³-hybridized carbons (Fsp3) is 0.417. The van der Waals surface area contributed by atoms with Gasteiger partial charge in [0.15, 0.2) is 0 Å². The molecule has 1 fully saturated rings. The SMILES string of the molecule is O=C(O)c1cc(F)c(NC2CCCSC2)c(F)c1. The molecule has 2 rings (SSSR count). The molecule has 1 heterocycles. The number of carboxylic acid groups (broad SMARTS) is 1. The molecule has 0 spiro atoms. The number of anilines is 1. The molecule has 0 aliphatic carbocycles. The Bertz CT molecular complexity index is 438. The second-order valence-electron chi connectivity index (χ2n) is 4.18. The van der Waals surface area contributed by atoms with Gasteiger partial charge in [-0.05, 0) is 30.7 Å². The molecule has 1 aromatic rings. The smallest absolute Gasteiger partial charge is 0.335 e. The van der Waals surface area contributed by atoms with Crippen LogP contribution in [-0.2, 0) is 0 Å². The van der Waals surface area contributed by atoms with Gasteiger partial charge in [0.1, 0.15) is 17.3 Å². The number of hydrogen-bond acceptors (Lipinski definition) is 3. The van der Waals surface area contributed by atoms with Crippen molar-refractivity contribution in [1.29, 1.82) is 0 Å². The lowest BCUT2D eigenvalue weighted by Gasteiger charge is -2.24. The Morgan fingerprint density at radius 1 is 1.39 bits per heavy atom. The quantitative estimate of drug-likeness (QED) is 0.889. The van der Waals surface area contributed by atoms with Crippen molar-refractivity contribution in [3.05, 3.63) is 29.3 Å². The molecule has 0 amide bonds. The van der Waals surface area contributed by atoms with Crippen LogP contribution in [0.15, 0.2) is 12.1 Å². The second-order valence-corrected chi connectivity index (χ2v) is 5.33. The van der Waals surface area contributed by atoms with Gasteiger partial charge in [-0.25, -0.2) is 13.6 Å². The number of nitrogens with one attached hydrogen (secondary N) is 1. The van der Waals surface area contributed by atoms with E-state index in [2.05, 4.69) is 5.32 Å². The summed E-state index contributed by atoms with van der Waals surface area (Å²) >= 11 is 1.74. The molecular weight excluding hydrogens is 260 g/mol. The van der Waals surface area contributed by atoms with E-state index in [1.165, 1.54) is 0 Å². The summed E-state index contributed by atoms with van der Waals surface area (Å²) in [5.41, 5.74) is -0.610. The van der Waals surface area contributed by atoms with Crippen LogP contribution in [-0.4, -0.2) is 28.6 Å². The number of benzene rings is 1. The van der Waals surface area contributed by atoms with E-state index in [1.54, 1.807) is 11.8 Å². The molecule has 1 aliphatic heterocycles. The molecule has 1 unspecified atom stereocenters. The maximum absolute atomic E-state index is 13.7. The fourth-order valence-electron chi connectivity index (χ4n) is 1.89.